The molecule has 0 saturated carbocycles. The van der Waals surface area contributed by atoms with Crippen molar-refractivity contribution in [1.29, 1.82) is 0 Å². The molecule has 0 radical (unpaired) electrons. The molecule has 1 aliphatic rings. The van der Waals surface area contributed by atoms with Gasteiger partial charge in [-0.3, -0.25) is 14.9 Å². The van der Waals surface area contributed by atoms with Gasteiger partial charge in [0.05, 0.1) is 11.4 Å². The van der Waals surface area contributed by atoms with E-state index in [4.69, 9.17) is 10.8 Å². The van der Waals surface area contributed by atoms with Gasteiger partial charge >= 0.3 is 0 Å². The summed E-state index contributed by atoms with van der Waals surface area (Å²) < 4.78 is 1.82. The molecule has 0 spiro atoms. The zero-order chi connectivity index (χ0) is 22.9. The number of nitrogens with two attached hydrogens (primary N) is 1. The number of likely N-dealkylation sites (tertiary alicyclic amines) is 1. The van der Waals surface area contributed by atoms with Gasteiger partial charge in [0.1, 0.15) is 17.8 Å². The molecule has 10 nitrogen and oxygen atoms in total. The van der Waals surface area contributed by atoms with Crippen LogP contribution in [0.1, 0.15) is 22.8 Å². The van der Waals surface area contributed by atoms with Crippen LogP contribution < -0.4 is 11.1 Å². The second kappa shape index (κ2) is 8.43. The Morgan fingerprint density at radius 3 is 2.76 bits per heavy atom. The summed E-state index contributed by atoms with van der Waals surface area (Å²) in [4.78, 5) is 38.9. The van der Waals surface area contributed by atoms with Crippen molar-refractivity contribution in [3.63, 3.8) is 0 Å². The van der Waals surface area contributed by atoms with Crippen molar-refractivity contribution in [2.24, 2.45) is 0 Å². The number of carbonyl (C=O) groups is 2. The molecule has 33 heavy (non-hydrogen) atoms. The summed E-state index contributed by atoms with van der Waals surface area (Å²) in [5, 5.41) is 10.6. The highest BCUT2D eigenvalue weighted by molar-refractivity contribution is 7.13. The lowest BCUT2D eigenvalue weighted by Gasteiger charge is -2.14. The van der Waals surface area contributed by atoms with Crippen LogP contribution in [-0.4, -0.2) is 54.5 Å². The summed E-state index contributed by atoms with van der Waals surface area (Å²) in [6.45, 7) is 4.70. The van der Waals surface area contributed by atoms with E-state index in [1.165, 1.54) is 23.7 Å². The fraction of sp³-hybridized carbons (Fsp3) is 0.182. The summed E-state index contributed by atoms with van der Waals surface area (Å²) in [6.07, 6.45) is 5.11. The molecule has 1 fully saturated rings. The third-order valence-corrected chi connectivity index (χ3v) is 6.28. The van der Waals surface area contributed by atoms with E-state index in [1.807, 2.05) is 16.8 Å². The maximum Gasteiger partial charge on any atom is 0.257 e. The van der Waals surface area contributed by atoms with Crippen molar-refractivity contribution < 1.29 is 9.59 Å². The van der Waals surface area contributed by atoms with Crippen LogP contribution in [0.25, 0.3) is 22.3 Å². The van der Waals surface area contributed by atoms with Crippen LogP contribution in [0.4, 0.5) is 10.9 Å². The van der Waals surface area contributed by atoms with Gasteiger partial charge in [0.2, 0.25) is 5.91 Å². The van der Waals surface area contributed by atoms with Gasteiger partial charge in [0, 0.05) is 35.8 Å². The molecular weight excluding hydrogens is 440 g/mol. The van der Waals surface area contributed by atoms with Gasteiger partial charge in [-0.15, -0.1) is 11.3 Å². The van der Waals surface area contributed by atoms with Crippen molar-refractivity contribution in [2.75, 3.05) is 24.1 Å². The highest BCUT2D eigenvalue weighted by atomic mass is 32.1. The van der Waals surface area contributed by atoms with Crippen LogP contribution in [0, 0.1) is 0 Å². The second-order valence-electron chi connectivity index (χ2n) is 7.55. The molecule has 0 bridgehead atoms. The molecule has 4 heterocycles. The van der Waals surface area contributed by atoms with Gasteiger partial charge < -0.3 is 10.6 Å². The Hall–Kier alpha value is -4.12. The van der Waals surface area contributed by atoms with Crippen LogP contribution >= 0.6 is 11.3 Å². The predicted molar refractivity (Wildman–Crippen MR) is 126 cm³/mol. The lowest BCUT2D eigenvalue weighted by atomic mass is 10.1. The number of thiazole rings is 1. The minimum Gasteiger partial charge on any atom is -0.383 e. The highest BCUT2D eigenvalue weighted by Gasteiger charge is 2.30. The normalized spacial score (nSPS) is 15.6. The van der Waals surface area contributed by atoms with Crippen LogP contribution in [0.3, 0.4) is 0 Å². The molecule has 1 atom stereocenters. The summed E-state index contributed by atoms with van der Waals surface area (Å²) in [5.41, 5.74) is 8.72. The van der Waals surface area contributed by atoms with Gasteiger partial charge in [0.25, 0.3) is 5.91 Å². The SMILES string of the molecule is C=CC(=O)N1CC[C@@H](n2nc(-c3ccc(C(=O)Nc4nccs4)cc3)c3c(N)ncnc32)C1. The average Bonchev–Trinajstić information content (AvgIpc) is 3.59. The molecule has 166 valence electrons. The molecule has 4 aromatic rings. The fourth-order valence-electron chi connectivity index (χ4n) is 3.96. The van der Waals surface area contributed by atoms with Gasteiger partial charge in [-0.25, -0.2) is 19.6 Å². The third-order valence-electron chi connectivity index (χ3n) is 5.59. The number of hydrogen-bond acceptors (Lipinski definition) is 8. The molecular formula is C22H20N8O2S. The Balaban J connectivity index is 1.48. The van der Waals surface area contributed by atoms with E-state index >= 15 is 0 Å². The number of fused-ring (bicyclic) bond motifs is 1. The maximum atomic E-state index is 12.5. The first kappa shape index (κ1) is 20.8. The number of nitrogens with zero attached hydrogens (tertiary/aromatic N) is 6. The van der Waals surface area contributed by atoms with Crippen LogP contribution in [0.2, 0.25) is 0 Å². The quantitative estimate of drug-likeness (QED) is 0.438. The van der Waals surface area contributed by atoms with E-state index in [-0.39, 0.29) is 17.9 Å². The maximum absolute atomic E-state index is 12.5. The molecule has 5 rings (SSSR count). The molecule has 1 aromatic carbocycles. The van der Waals surface area contributed by atoms with Crippen molar-refractivity contribution >= 4 is 45.1 Å². The molecule has 2 amide bonds. The molecule has 3 aromatic heterocycles. The molecule has 1 saturated heterocycles. The van der Waals surface area contributed by atoms with Gasteiger partial charge in [-0.2, -0.15) is 5.10 Å². The Kier molecular flexibility index (Phi) is 5.31. The number of anilines is 2. The van der Waals surface area contributed by atoms with Gasteiger partial charge in [0.15, 0.2) is 10.8 Å². The van der Waals surface area contributed by atoms with Crippen molar-refractivity contribution in [3.05, 3.63) is 60.4 Å². The van der Waals surface area contributed by atoms with E-state index in [1.54, 1.807) is 28.6 Å². The Bertz CT molecular complexity index is 1350. The summed E-state index contributed by atoms with van der Waals surface area (Å²) in [5.74, 6) is -0.0218. The van der Waals surface area contributed by atoms with E-state index < -0.39 is 0 Å². The summed E-state index contributed by atoms with van der Waals surface area (Å²) >= 11 is 1.35. The van der Waals surface area contributed by atoms with Crippen molar-refractivity contribution in [2.45, 2.75) is 12.5 Å². The minimum absolute atomic E-state index is 0.0391. The predicted octanol–water partition coefficient (Wildman–Crippen LogP) is 2.74. The lowest BCUT2D eigenvalue weighted by molar-refractivity contribution is -0.125. The van der Waals surface area contributed by atoms with Crippen LogP contribution in [-0.2, 0) is 4.79 Å². The zero-order valence-electron chi connectivity index (χ0n) is 17.5. The highest BCUT2D eigenvalue weighted by Crippen LogP contribution is 2.34. The molecule has 3 N–H and O–H groups in total. The molecule has 0 aliphatic carbocycles. The van der Waals surface area contributed by atoms with E-state index in [9.17, 15) is 9.59 Å². The average molecular weight is 461 g/mol. The van der Waals surface area contributed by atoms with Gasteiger partial charge in [-0.1, -0.05) is 18.7 Å². The molecule has 1 aliphatic heterocycles. The largest absolute Gasteiger partial charge is 0.383 e. The standard InChI is InChI=1S/C22H20N8O2S/c1-2-16(31)29-9-7-15(11-29)30-20-17(19(23)25-12-26-20)18(28-30)13-3-5-14(6-4-13)21(32)27-22-24-8-10-33-22/h2-6,8,10,12,15H,1,7,9,11H2,(H2,23,25,26)(H,24,27,32)/t15-/m1/s1. The summed E-state index contributed by atoms with van der Waals surface area (Å²) in [7, 11) is 0. The molecule has 11 heteroatoms. The van der Waals surface area contributed by atoms with E-state index in [0.717, 1.165) is 12.0 Å². The molecule has 0 unspecified atom stereocenters. The first-order valence-electron chi connectivity index (χ1n) is 10.3. The number of carbonyl (C=O) groups excluding carboxylic acids is 2. The number of rotatable bonds is 5. The number of aromatic nitrogens is 5. The monoisotopic (exact) mass is 460 g/mol. The summed E-state index contributed by atoms with van der Waals surface area (Å²) in [6, 6.07) is 7.05. The minimum atomic E-state index is -0.243. The van der Waals surface area contributed by atoms with E-state index in [0.29, 0.717) is 46.3 Å². The number of nitrogen functional groups attached to an aromatic ring is 1. The Morgan fingerprint density at radius 1 is 1.21 bits per heavy atom. The van der Waals surface area contributed by atoms with Gasteiger partial charge in [-0.05, 0) is 24.6 Å². The van der Waals surface area contributed by atoms with Crippen LogP contribution in [0.5, 0.6) is 0 Å². The fourth-order valence-corrected chi connectivity index (χ4v) is 4.48. The van der Waals surface area contributed by atoms with Crippen molar-refractivity contribution in [1.82, 2.24) is 29.6 Å². The Morgan fingerprint density at radius 2 is 2.03 bits per heavy atom. The zero-order valence-corrected chi connectivity index (χ0v) is 18.3. The number of hydrogen-bond donors (Lipinski definition) is 2. The number of benzene rings is 1. The first-order valence-corrected chi connectivity index (χ1v) is 11.1. The number of amides is 2. The smallest absolute Gasteiger partial charge is 0.257 e. The van der Waals surface area contributed by atoms with Crippen LogP contribution in [0.15, 0.2) is 54.8 Å². The van der Waals surface area contributed by atoms with Crippen molar-refractivity contribution in [3.8, 4) is 11.3 Å². The Labute approximate surface area is 192 Å². The second-order valence-corrected chi connectivity index (χ2v) is 8.44. The lowest BCUT2D eigenvalue weighted by Crippen LogP contribution is -2.27. The van der Waals surface area contributed by atoms with E-state index in [2.05, 4.69) is 26.8 Å². The topological polar surface area (TPSA) is 132 Å². The third kappa shape index (κ3) is 3.82. The number of nitrogens with one attached hydrogen (secondary N) is 1. The first-order chi connectivity index (χ1) is 16.0.